The molecule has 1 saturated carbocycles. The molecule has 1 fully saturated rings. The fourth-order valence-corrected chi connectivity index (χ4v) is 3.87. The zero-order chi connectivity index (χ0) is 14.7. The van der Waals surface area contributed by atoms with Gasteiger partial charge in [0.05, 0.1) is 16.4 Å². The lowest BCUT2D eigenvalue weighted by atomic mass is 9.72. The van der Waals surface area contributed by atoms with E-state index in [4.69, 9.17) is 11.6 Å². The van der Waals surface area contributed by atoms with Gasteiger partial charge >= 0.3 is 0 Å². The summed E-state index contributed by atoms with van der Waals surface area (Å²) in [6.07, 6.45) is 5.09. The van der Waals surface area contributed by atoms with Gasteiger partial charge in [-0.15, -0.1) is 0 Å². The maximum atomic E-state index is 6.47. The molecule has 20 heavy (non-hydrogen) atoms. The summed E-state index contributed by atoms with van der Waals surface area (Å²) in [4.78, 5) is 0. The molecule has 0 amide bonds. The first-order valence-corrected chi connectivity index (χ1v) is 8.30. The molecule has 1 aromatic heterocycles. The molecule has 1 aliphatic rings. The molecule has 1 aliphatic carbocycles. The van der Waals surface area contributed by atoms with E-state index < -0.39 is 0 Å². The van der Waals surface area contributed by atoms with Gasteiger partial charge in [0.2, 0.25) is 0 Å². The smallest absolute Gasteiger partial charge is 0.0847 e. The minimum absolute atomic E-state index is 0.727. The highest BCUT2D eigenvalue weighted by Crippen LogP contribution is 2.37. The maximum absolute atomic E-state index is 6.47. The van der Waals surface area contributed by atoms with E-state index in [0.717, 1.165) is 48.0 Å². The Morgan fingerprint density at radius 1 is 1.35 bits per heavy atom. The van der Waals surface area contributed by atoms with Crippen molar-refractivity contribution in [3.63, 3.8) is 0 Å². The van der Waals surface area contributed by atoms with Gasteiger partial charge in [-0.1, -0.05) is 24.9 Å². The third-order valence-electron chi connectivity index (χ3n) is 4.78. The van der Waals surface area contributed by atoms with Crippen LogP contribution in [0, 0.1) is 24.7 Å². The summed E-state index contributed by atoms with van der Waals surface area (Å²) in [5, 5.41) is 8.80. The molecule has 1 aromatic rings. The number of aromatic nitrogens is 2. The van der Waals surface area contributed by atoms with Crippen molar-refractivity contribution in [3.05, 3.63) is 16.4 Å². The largest absolute Gasteiger partial charge is 0.319 e. The molecule has 4 heteroatoms. The van der Waals surface area contributed by atoms with Crippen molar-refractivity contribution in [2.75, 3.05) is 13.6 Å². The highest BCUT2D eigenvalue weighted by molar-refractivity contribution is 6.31. The topological polar surface area (TPSA) is 29.9 Å². The molecule has 0 aromatic carbocycles. The quantitative estimate of drug-likeness (QED) is 0.898. The third-order valence-corrected chi connectivity index (χ3v) is 5.27. The molecule has 2 rings (SSSR count). The Bertz CT molecular complexity index is 441. The van der Waals surface area contributed by atoms with Crippen LogP contribution in [0.2, 0.25) is 5.02 Å². The number of hydrogen-bond donors (Lipinski definition) is 1. The monoisotopic (exact) mass is 297 g/mol. The van der Waals surface area contributed by atoms with Crippen molar-refractivity contribution < 1.29 is 0 Å². The maximum Gasteiger partial charge on any atom is 0.0847 e. The normalized spacial score (nSPS) is 26.9. The third kappa shape index (κ3) is 3.37. The van der Waals surface area contributed by atoms with E-state index in [0.29, 0.717) is 0 Å². The molecule has 3 unspecified atom stereocenters. The van der Waals surface area contributed by atoms with Gasteiger partial charge in [0.15, 0.2) is 0 Å². The molecule has 1 heterocycles. The number of rotatable bonds is 5. The van der Waals surface area contributed by atoms with E-state index in [1.165, 1.54) is 25.0 Å². The van der Waals surface area contributed by atoms with Gasteiger partial charge in [-0.05, 0) is 64.5 Å². The van der Waals surface area contributed by atoms with E-state index in [1.54, 1.807) is 0 Å². The second kappa shape index (κ2) is 6.95. The van der Waals surface area contributed by atoms with Crippen LogP contribution in [-0.2, 0) is 13.0 Å². The van der Waals surface area contributed by atoms with Crippen LogP contribution in [-0.4, -0.2) is 23.4 Å². The van der Waals surface area contributed by atoms with Gasteiger partial charge in [-0.3, -0.25) is 4.68 Å². The summed E-state index contributed by atoms with van der Waals surface area (Å²) >= 11 is 6.47. The average molecular weight is 298 g/mol. The molecule has 114 valence electrons. The second-order valence-electron chi connectivity index (χ2n) is 6.36. The van der Waals surface area contributed by atoms with Crippen LogP contribution < -0.4 is 5.32 Å². The minimum Gasteiger partial charge on any atom is -0.319 e. The Balaban J connectivity index is 2.17. The van der Waals surface area contributed by atoms with Crippen LogP contribution in [0.25, 0.3) is 0 Å². The predicted molar refractivity (Wildman–Crippen MR) is 85.3 cm³/mol. The Labute approximate surface area is 128 Å². The molecule has 0 aliphatic heterocycles. The summed E-state index contributed by atoms with van der Waals surface area (Å²) in [7, 11) is 2.06. The molecule has 1 N–H and O–H groups in total. The van der Waals surface area contributed by atoms with E-state index >= 15 is 0 Å². The van der Waals surface area contributed by atoms with Gasteiger partial charge < -0.3 is 5.32 Å². The van der Waals surface area contributed by atoms with E-state index in [-0.39, 0.29) is 0 Å². The molecule has 0 radical (unpaired) electrons. The number of nitrogens with one attached hydrogen (secondary N) is 1. The summed E-state index contributed by atoms with van der Waals surface area (Å²) in [5.74, 6) is 2.34. The fraction of sp³-hybridized carbons (Fsp3) is 0.812. The molecule has 0 spiro atoms. The highest BCUT2D eigenvalue weighted by Gasteiger charge is 2.30. The van der Waals surface area contributed by atoms with Crippen LogP contribution in [0.15, 0.2) is 0 Å². The molecule has 0 bridgehead atoms. The fourth-order valence-electron chi connectivity index (χ4n) is 3.65. The van der Waals surface area contributed by atoms with Crippen molar-refractivity contribution in [1.82, 2.24) is 15.1 Å². The lowest BCUT2D eigenvalue weighted by molar-refractivity contribution is 0.183. The van der Waals surface area contributed by atoms with Crippen LogP contribution in [0.5, 0.6) is 0 Å². The van der Waals surface area contributed by atoms with Gasteiger partial charge in [0.1, 0.15) is 0 Å². The summed E-state index contributed by atoms with van der Waals surface area (Å²) in [6, 6.07) is 0. The molecule has 3 atom stereocenters. The van der Waals surface area contributed by atoms with Crippen LogP contribution in [0.1, 0.15) is 44.5 Å². The van der Waals surface area contributed by atoms with Crippen molar-refractivity contribution in [1.29, 1.82) is 0 Å². The molecule has 0 saturated heterocycles. The molecular formula is C16H28ClN3. The Morgan fingerprint density at radius 3 is 2.75 bits per heavy atom. The zero-order valence-corrected chi connectivity index (χ0v) is 14.0. The zero-order valence-electron chi connectivity index (χ0n) is 13.2. The van der Waals surface area contributed by atoms with E-state index in [2.05, 4.69) is 36.0 Å². The lowest BCUT2D eigenvalue weighted by Gasteiger charge is -2.35. The summed E-state index contributed by atoms with van der Waals surface area (Å²) < 4.78 is 2.09. The molecule has 3 nitrogen and oxygen atoms in total. The van der Waals surface area contributed by atoms with Crippen molar-refractivity contribution in [3.8, 4) is 0 Å². The van der Waals surface area contributed by atoms with E-state index in [1.807, 2.05) is 6.92 Å². The lowest BCUT2D eigenvalue weighted by Crippen LogP contribution is -2.33. The van der Waals surface area contributed by atoms with Gasteiger partial charge in [-0.2, -0.15) is 5.10 Å². The first-order chi connectivity index (χ1) is 9.56. The predicted octanol–water partition coefficient (Wildman–Crippen LogP) is 3.68. The van der Waals surface area contributed by atoms with Crippen LogP contribution >= 0.6 is 11.6 Å². The van der Waals surface area contributed by atoms with Gasteiger partial charge in [0.25, 0.3) is 0 Å². The van der Waals surface area contributed by atoms with Crippen LogP contribution in [0.3, 0.4) is 0 Å². The number of aryl methyl sites for hydroxylation is 2. The first kappa shape index (κ1) is 15.8. The van der Waals surface area contributed by atoms with E-state index in [9.17, 15) is 0 Å². The first-order valence-electron chi connectivity index (χ1n) is 7.93. The minimum atomic E-state index is 0.727. The average Bonchev–Trinajstić information content (AvgIpc) is 2.69. The SMILES string of the molecule is CCn1nc(C)c(Cl)c1CC1CC(C)CCC1CNC. The summed E-state index contributed by atoms with van der Waals surface area (Å²) in [5.41, 5.74) is 2.21. The van der Waals surface area contributed by atoms with Crippen molar-refractivity contribution >= 4 is 11.6 Å². The Kier molecular flexibility index (Phi) is 5.50. The highest BCUT2D eigenvalue weighted by atomic mass is 35.5. The second-order valence-corrected chi connectivity index (χ2v) is 6.74. The summed E-state index contributed by atoms with van der Waals surface area (Å²) in [6.45, 7) is 8.55. The van der Waals surface area contributed by atoms with Crippen LogP contribution in [0.4, 0.5) is 0 Å². The Morgan fingerprint density at radius 2 is 2.10 bits per heavy atom. The number of hydrogen-bond acceptors (Lipinski definition) is 2. The van der Waals surface area contributed by atoms with Gasteiger partial charge in [0, 0.05) is 6.54 Å². The van der Waals surface area contributed by atoms with Gasteiger partial charge in [-0.25, -0.2) is 0 Å². The number of halogens is 1. The standard InChI is InChI=1S/C16H28ClN3/c1-5-20-15(16(17)12(3)19-20)9-14-8-11(2)6-7-13(14)10-18-4/h11,13-14,18H,5-10H2,1-4H3. The number of nitrogens with zero attached hydrogens (tertiary/aromatic N) is 2. The van der Waals surface area contributed by atoms with Crippen molar-refractivity contribution in [2.24, 2.45) is 17.8 Å². The van der Waals surface area contributed by atoms with Crippen molar-refractivity contribution in [2.45, 2.75) is 53.0 Å². The molecular weight excluding hydrogens is 270 g/mol. The Hall–Kier alpha value is -0.540.